The van der Waals surface area contributed by atoms with E-state index in [0.717, 1.165) is 67.5 Å². The Balaban J connectivity index is 1.63. The molecule has 5 heteroatoms. The average molecular weight is 356 g/mol. The van der Waals surface area contributed by atoms with Gasteiger partial charge in [-0.25, -0.2) is 0 Å². The predicted molar refractivity (Wildman–Crippen MR) is 102 cm³/mol. The first-order valence-corrected chi connectivity index (χ1v) is 9.20. The number of aryl methyl sites for hydroxylation is 2. The van der Waals surface area contributed by atoms with Crippen molar-refractivity contribution in [2.45, 2.75) is 33.7 Å². The summed E-state index contributed by atoms with van der Waals surface area (Å²) in [5.41, 5.74) is 2.97. The van der Waals surface area contributed by atoms with Crippen LogP contribution in [0.3, 0.4) is 0 Å². The minimum atomic E-state index is 0.100. The highest BCUT2D eigenvalue weighted by Gasteiger charge is 2.25. The van der Waals surface area contributed by atoms with Gasteiger partial charge in [0.25, 0.3) is 5.91 Å². The summed E-state index contributed by atoms with van der Waals surface area (Å²) in [4.78, 5) is 17.4. The number of furan rings is 1. The molecule has 2 aromatic rings. The van der Waals surface area contributed by atoms with Gasteiger partial charge in [-0.3, -0.25) is 9.69 Å². The van der Waals surface area contributed by atoms with Crippen molar-refractivity contribution in [2.24, 2.45) is 0 Å². The Bertz CT molecular complexity index is 764. The van der Waals surface area contributed by atoms with Crippen LogP contribution in [-0.2, 0) is 6.54 Å². The number of nitrogens with zero attached hydrogens (tertiary/aromatic N) is 2. The summed E-state index contributed by atoms with van der Waals surface area (Å²) in [7, 11) is 1.68. The molecule has 1 aromatic heterocycles. The van der Waals surface area contributed by atoms with Crippen LogP contribution in [0.1, 0.15) is 39.4 Å². The summed E-state index contributed by atoms with van der Waals surface area (Å²) < 4.78 is 10.9. The van der Waals surface area contributed by atoms with Gasteiger partial charge in [-0.2, -0.15) is 0 Å². The molecule has 0 spiro atoms. The van der Waals surface area contributed by atoms with E-state index in [1.54, 1.807) is 7.11 Å². The maximum absolute atomic E-state index is 13.0. The zero-order valence-electron chi connectivity index (χ0n) is 16.2. The van der Waals surface area contributed by atoms with Crippen LogP contribution >= 0.6 is 0 Å². The highest BCUT2D eigenvalue weighted by Crippen LogP contribution is 2.23. The standard InChI is InChI=1S/C21H28N2O3/c1-15-16(2)26-17(3)20(15)21(24)23-11-5-10-22(12-13-23)14-18-6-8-19(25-4)9-7-18/h6-9H,5,10-14H2,1-4H3. The molecule has 0 aliphatic carbocycles. The molecule has 2 heterocycles. The van der Waals surface area contributed by atoms with E-state index in [1.807, 2.05) is 37.8 Å². The predicted octanol–water partition coefficient (Wildman–Crippen LogP) is 3.56. The number of rotatable bonds is 4. The molecule has 0 N–H and O–H groups in total. The molecule has 1 fully saturated rings. The van der Waals surface area contributed by atoms with Crippen LogP contribution in [-0.4, -0.2) is 49.0 Å². The van der Waals surface area contributed by atoms with Crippen LogP contribution in [0.15, 0.2) is 28.7 Å². The molecule has 0 saturated carbocycles. The Hall–Kier alpha value is -2.27. The Kier molecular flexibility index (Phi) is 5.67. The number of benzene rings is 1. The van der Waals surface area contributed by atoms with Crippen molar-refractivity contribution in [3.63, 3.8) is 0 Å². The summed E-state index contributed by atoms with van der Waals surface area (Å²) in [6.07, 6.45) is 0.983. The lowest BCUT2D eigenvalue weighted by atomic mass is 10.1. The second kappa shape index (κ2) is 7.96. The number of hydrogen-bond acceptors (Lipinski definition) is 4. The molecular weight excluding hydrogens is 328 g/mol. The van der Waals surface area contributed by atoms with Crippen LogP contribution < -0.4 is 4.74 Å². The van der Waals surface area contributed by atoms with Crippen molar-refractivity contribution in [3.8, 4) is 5.75 Å². The maximum atomic E-state index is 13.0. The van der Waals surface area contributed by atoms with Crippen molar-refractivity contribution in [2.75, 3.05) is 33.3 Å². The van der Waals surface area contributed by atoms with E-state index in [9.17, 15) is 4.79 Å². The Labute approximate surface area is 155 Å². The van der Waals surface area contributed by atoms with Crippen LogP contribution in [0.4, 0.5) is 0 Å². The van der Waals surface area contributed by atoms with Crippen molar-refractivity contribution in [1.29, 1.82) is 0 Å². The molecule has 1 aliphatic heterocycles. The third-order valence-corrected chi connectivity index (χ3v) is 5.22. The van der Waals surface area contributed by atoms with Gasteiger partial charge in [0.15, 0.2) is 0 Å². The van der Waals surface area contributed by atoms with Gasteiger partial charge >= 0.3 is 0 Å². The maximum Gasteiger partial charge on any atom is 0.257 e. The molecular formula is C21H28N2O3. The molecule has 140 valence electrons. The first-order valence-electron chi connectivity index (χ1n) is 9.20. The molecule has 1 amide bonds. The molecule has 5 nitrogen and oxygen atoms in total. The van der Waals surface area contributed by atoms with Crippen molar-refractivity contribution < 1.29 is 13.9 Å². The summed E-state index contributed by atoms with van der Waals surface area (Å²) in [5, 5.41) is 0. The van der Waals surface area contributed by atoms with Crippen LogP contribution in [0, 0.1) is 20.8 Å². The number of ether oxygens (including phenoxy) is 1. The summed E-state index contributed by atoms with van der Waals surface area (Å²) >= 11 is 0. The Morgan fingerprint density at radius 2 is 1.77 bits per heavy atom. The number of amides is 1. The lowest BCUT2D eigenvalue weighted by Crippen LogP contribution is -2.35. The van der Waals surface area contributed by atoms with Crippen LogP contribution in [0.2, 0.25) is 0 Å². The van der Waals surface area contributed by atoms with Crippen molar-refractivity contribution >= 4 is 5.91 Å². The highest BCUT2D eigenvalue weighted by molar-refractivity contribution is 5.96. The lowest BCUT2D eigenvalue weighted by Gasteiger charge is -2.22. The molecule has 1 aromatic carbocycles. The van der Waals surface area contributed by atoms with E-state index >= 15 is 0 Å². The molecule has 0 radical (unpaired) electrons. The third kappa shape index (κ3) is 3.93. The van der Waals surface area contributed by atoms with E-state index in [-0.39, 0.29) is 5.91 Å². The fraction of sp³-hybridized carbons (Fsp3) is 0.476. The largest absolute Gasteiger partial charge is 0.497 e. The zero-order chi connectivity index (χ0) is 18.7. The van der Waals surface area contributed by atoms with Crippen LogP contribution in [0.25, 0.3) is 0 Å². The second-order valence-corrected chi connectivity index (χ2v) is 6.98. The van der Waals surface area contributed by atoms with E-state index in [1.165, 1.54) is 5.56 Å². The van der Waals surface area contributed by atoms with E-state index in [4.69, 9.17) is 9.15 Å². The SMILES string of the molecule is COc1ccc(CN2CCCN(C(=O)c3c(C)oc(C)c3C)CC2)cc1. The number of hydrogen-bond donors (Lipinski definition) is 0. The summed E-state index contributed by atoms with van der Waals surface area (Å²) in [5.74, 6) is 2.54. The van der Waals surface area contributed by atoms with E-state index in [0.29, 0.717) is 0 Å². The third-order valence-electron chi connectivity index (χ3n) is 5.22. The van der Waals surface area contributed by atoms with Crippen molar-refractivity contribution in [1.82, 2.24) is 9.80 Å². The fourth-order valence-corrected chi connectivity index (χ4v) is 3.59. The molecule has 26 heavy (non-hydrogen) atoms. The minimum absolute atomic E-state index is 0.100. The van der Waals surface area contributed by atoms with Gasteiger partial charge < -0.3 is 14.1 Å². The average Bonchev–Trinajstić information content (AvgIpc) is 2.80. The smallest absolute Gasteiger partial charge is 0.257 e. The van der Waals surface area contributed by atoms with E-state index in [2.05, 4.69) is 17.0 Å². The molecule has 0 unspecified atom stereocenters. The first-order chi connectivity index (χ1) is 12.5. The zero-order valence-corrected chi connectivity index (χ0v) is 16.2. The minimum Gasteiger partial charge on any atom is -0.497 e. The highest BCUT2D eigenvalue weighted by atomic mass is 16.5. The topological polar surface area (TPSA) is 45.9 Å². The monoisotopic (exact) mass is 356 g/mol. The Morgan fingerprint density at radius 3 is 2.38 bits per heavy atom. The van der Waals surface area contributed by atoms with Gasteiger partial charge in [-0.15, -0.1) is 0 Å². The van der Waals surface area contributed by atoms with Gasteiger partial charge in [-0.05, 0) is 44.9 Å². The van der Waals surface area contributed by atoms with Gasteiger partial charge in [0.1, 0.15) is 17.3 Å². The number of carbonyl (C=O) groups is 1. The fourth-order valence-electron chi connectivity index (χ4n) is 3.59. The molecule has 0 bridgehead atoms. The van der Waals surface area contributed by atoms with Gasteiger partial charge in [0.2, 0.25) is 0 Å². The summed E-state index contributed by atoms with van der Waals surface area (Å²) in [6, 6.07) is 8.20. The molecule has 1 aliphatic rings. The first kappa shape index (κ1) is 18.5. The number of carbonyl (C=O) groups excluding carboxylic acids is 1. The van der Waals surface area contributed by atoms with Gasteiger partial charge in [0.05, 0.1) is 12.7 Å². The Morgan fingerprint density at radius 1 is 1.04 bits per heavy atom. The molecule has 0 atom stereocenters. The van der Waals surface area contributed by atoms with Crippen molar-refractivity contribution in [3.05, 3.63) is 52.5 Å². The molecule has 1 saturated heterocycles. The van der Waals surface area contributed by atoms with Gasteiger partial charge in [-0.1, -0.05) is 12.1 Å². The quantitative estimate of drug-likeness (QED) is 0.840. The van der Waals surface area contributed by atoms with E-state index < -0.39 is 0 Å². The van der Waals surface area contributed by atoms with Crippen LogP contribution in [0.5, 0.6) is 5.75 Å². The van der Waals surface area contributed by atoms with Gasteiger partial charge in [0, 0.05) is 38.3 Å². The normalized spacial score (nSPS) is 15.8. The second-order valence-electron chi connectivity index (χ2n) is 6.98. The molecule has 3 rings (SSSR count). The summed E-state index contributed by atoms with van der Waals surface area (Å²) in [6.45, 7) is 10.1. The lowest BCUT2D eigenvalue weighted by molar-refractivity contribution is 0.0758. The number of methoxy groups -OCH3 is 1.